The number of nitrogens with zero attached hydrogens (tertiary/aromatic N) is 1. The molecule has 0 saturated carbocycles. The Balaban J connectivity index is 1.41. The molecule has 2 N–H and O–H groups in total. The minimum Gasteiger partial charge on any atom is -0.481 e. The number of para-hydroxylation sites is 1. The van der Waals surface area contributed by atoms with Crippen LogP contribution in [0.3, 0.4) is 0 Å². The fourth-order valence-electron chi connectivity index (χ4n) is 4.49. The van der Waals surface area contributed by atoms with E-state index < -0.39 is 11.4 Å². The first-order chi connectivity index (χ1) is 14.0. The molecule has 3 aromatic rings. The van der Waals surface area contributed by atoms with Crippen molar-refractivity contribution < 1.29 is 14.7 Å². The standard InChI is InChI=1S/C24H26N2O3/c1-17-6-5-9-20-18(16-25-22(17)20)10-11-21(27)26-14-12-24(13-15-26,23(28)29)19-7-3-2-4-8-19/h2-9,16,25H,10-15H2,1H3,(H,28,29). The molecular formula is C24H26N2O3. The SMILES string of the molecule is Cc1cccc2c(CCC(=O)N3CCC(C(=O)O)(c4ccccc4)CC3)c[nH]c12. The highest BCUT2D eigenvalue weighted by molar-refractivity contribution is 5.87. The van der Waals surface area contributed by atoms with Gasteiger partial charge in [-0.3, -0.25) is 9.59 Å². The predicted molar refractivity (Wildman–Crippen MR) is 113 cm³/mol. The average Bonchev–Trinajstić information content (AvgIpc) is 3.17. The lowest BCUT2D eigenvalue weighted by Crippen LogP contribution is -2.49. The Morgan fingerprint density at radius 1 is 1.07 bits per heavy atom. The number of likely N-dealkylation sites (tertiary alicyclic amines) is 1. The zero-order chi connectivity index (χ0) is 20.4. The number of aromatic nitrogens is 1. The van der Waals surface area contributed by atoms with Crippen LogP contribution in [0.2, 0.25) is 0 Å². The van der Waals surface area contributed by atoms with Gasteiger partial charge in [-0.15, -0.1) is 0 Å². The molecule has 0 radical (unpaired) electrons. The van der Waals surface area contributed by atoms with Gasteiger partial charge in [0.1, 0.15) is 0 Å². The molecule has 5 nitrogen and oxygen atoms in total. The second kappa shape index (κ2) is 7.74. The molecule has 1 saturated heterocycles. The molecule has 1 amide bonds. The van der Waals surface area contributed by atoms with E-state index in [-0.39, 0.29) is 5.91 Å². The first-order valence-electron chi connectivity index (χ1n) is 10.1. The lowest BCUT2D eigenvalue weighted by Gasteiger charge is -2.39. The minimum absolute atomic E-state index is 0.0963. The normalized spacial score (nSPS) is 16.1. The van der Waals surface area contributed by atoms with Gasteiger partial charge in [0.15, 0.2) is 0 Å². The van der Waals surface area contributed by atoms with Gasteiger partial charge in [0.25, 0.3) is 0 Å². The zero-order valence-corrected chi connectivity index (χ0v) is 16.6. The highest BCUT2D eigenvalue weighted by atomic mass is 16.4. The fraction of sp³-hybridized carbons (Fsp3) is 0.333. The summed E-state index contributed by atoms with van der Waals surface area (Å²) in [6.07, 6.45) is 4.01. The van der Waals surface area contributed by atoms with Crippen molar-refractivity contribution in [2.24, 2.45) is 0 Å². The van der Waals surface area contributed by atoms with E-state index >= 15 is 0 Å². The molecule has 1 aliphatic rings. The number of aryl methyl sites for hydroxylation is 2. The van der Waals surface area contributed by atoms with Gasteiger partial charge in [0.2, 0.25) is 5.91 Å². The van der Waals surface area contributed by atoms with Crippen LogP contribution in [0.5, 0.6) is 0 Å². The van der Waals surface area contributed by atoms with E-state index in [1.807, 2.05) is 47.5 Å². The summed E-state index contributed by atoms with van der Waals surface area (Å²) in [6.45, 7) is 3.03. The van der Waals surface area contributed by atoms with E-state index in [1.165, 1.54) is 10.9 Å². The lowest BCUT2D eigenvalue weighted by molar-refractivity contribution is -0.148. The van der Waals surface area contributed by atoms with E-state index in [0.29, 0.717) is 38.8 Å². The monoisotopic (exact) mass is 390 g/mol. The minimum atomic E-state index is -0.896. The van der Waals surface area contributed by atoms with Gasteiger partial charge in [-0.1, -0.05) is 48.5 Å². The van der Waals surface area contributed by atoms with Crippen molar-refractivity contribution in [2.45, 2.75) is 38.0 Å². The molecule has 29 heavy (non-hydrogen) atoms. The molecular weight excluding hydrogens is 364 g/mol. The Morgan fingerprint density at radius 2 is 1.79 bits per heavy atom. The fourth-order valence-corrected chi connectivity index (χ4v) is 4.49. The van der Waals surface area contributed by atoms with E-state index in [0.717, 1.165) is 16.6 Å². The van der Waals surface area contributed by atoms with Gasteiger partial charge in [0, 0.05) is 36.6 Å². The molecule has 2 aromatic carbocycles. The largest absolute Gasteiger partial charge is 0.481 e. The van der Waals surface area contributed by atoms with Gasteiger partial charge < -0.3 is 15.0 Å². The number of carboxylic acid groups (broad SMARTS) is 1. The van der Waals surface area contributed by atoms with Gasteiger partial charge >= 0.3 is 5.97 Å². The Morgan fingerprint density at radius 3 is 2.48 bits per heavy atom. The first kappa shape index (κ1) is 19.2. The molecule has 0 unspecified atom stereocenters. The van der Waals surface area contributed by atoms with Crippen LogP contribution >= 0.6 is 0 Å². The number of carboxylic acids is 1. The number of carbonyl (C=O) groups is 2. The molecule has 1 fully saturated rings. The summed E-state index contributed by atoms with van der Waals surface area (Å²) in [4.78, 5) is 30.0. The maximum absolute atomic E-state index is 12.8. The van der Waals surface area contributed by atoms with Crippen LogP contribution in [0.15, 0.2) is 54.7 Å². The van der Waals surface area contributed by atoms with Gasteiger partial charge in [0.05, 0.1) is 5.41 Å². The predicted octanol–water partition coefficient (Wildman–Crippen LogP) is 4.05. The summed E-state index contributed by atoms with van der Waals surface area (Å²) in [5.74, 6) is -0.705. The lowest BCUT2D eigenvalue weighted by atomic mass is 9.73. The first-order valence-corrected chi connectivity index (χ1v) is 10.1. The van der Waals surface area contributed by atoms with E-state index in [1.54, 1.807) is 0 Å². The summed E-state index contributed by atoms with van der Waals surface area (Å²) in [5, 5.41) is 11.1. The van der Waals surface area contributed by atoms with Crippen molar-refractivity contribution in [3.8, 4) is 0 Å². The Hall–Kier alpha value is -3.08. The highest BCUT2D eigenvalue weighted by Crippen LogP contribution is 2.36. The van der Waals surface area contributed by atoms with Crippen molar-refractivity contribution in [3.05, 3.63) is 71.4 Å². The van der Waals surface area contributed by atoms with Crippen LogP contribution in [0.1, 0.15) is 36.0 Å². The van der Waals surface area contributed by atoms with Gasteiger partial charge in [-0.25, -0.2) is 0 Å². The van der Waals surface area contributed by atoms with Gasteiger partial charge in [-0.05, 0) is 42.9 Å². The molecule has 5 heteroatoms. The number of aromatic amines is 1. The third-order valence-electron chi connectivity index (χ3n) is 6.32. The van der Waals surface area contributed by atoms with Crippen molar-refractivity contribution in [1.29, 1.82) is 0 Å². The average molecular weight is 390 g/mol. The number of carbonyl (C=O) groups excluding carboxylic acids is 1. The number of hydrogen-bond acceptors (Lipinski definition) is 2. The van der Waals surface area contributed by atoms with Crippen LogP contribution in [0, 0.1) is 6.92 Å². The van der Waals surface area contributed by atoms with Crippen LogP contribution < -0.4 is 0 Å². The smallest absolute Gasteiger partial charge is 0.314 e. The van der Waals surface area contributed by atoms with Crippen LogP contribution in [0.4, 0.5) is 0 Å². The number of H-pyrrole nitrogens is 1. The third-order valence-corrected chi connectivity index (χ3v) is 6.32. The van der Waals surface area contributed by atoms with E-state index in [2.05, 4.69) is 24.0 Å². The number of nitrogens with one attached hydrogen (secondary N) is 1. The molecule has 1 aliphatic heterocycles. The topological polar surface area (TPSA) is 73.4 Å². The molecule has 0 bridgehead atoms. The van der Waals surface area contributed by atoms with Crippen molar-refractivity contribution in [1.82, 2.24) is 9.88 Å². The molecule has 2 heterocycles. The number of aliphatic carboxylic acids is 1. The molecule has 0 aliphatic carbocycles. The Labute approximate surface area is 170 Å². The van der Waals surface area contributed by atoms with Crippen molar-refractivity contribution >= 4 is 22.8 Å². The molecule has 4 rings (SSSR count). The van der Waals surface area contributed by atoms with Crippen molar-refractivity contribution in [2.75, 3.05) is 13.1 Å². The molecule has 0 atom stereocenters. The Bertz CT molecular complexity index is 1030. The summed E-state index contributed by atoms with van der Waals surface area (Å²) < 4.78 is 0. The molecule has 0 spiro atoms. The second-order valence-corrected chi connectivity index (χ2v) is 7.95. The summed E-state index contributed by atoms with van der Waals surface area (Å²) in [6, 6.07) is 15.6. The van der Waals surface area contributed by atoms with E-state index in [4.69, 9.17) is 0 Å². The van der Waals surface area contributed by atoms with Crippen LogP contribution in [0.25, 0.3) is 10.9 Å². The third kappa shape index (κ3) is 3.53. The molecule has 1 aromatic heterocycles. The number of benzene rings is 2. The van der Waals surface area contributed by atoms with Crippen molar-refractivity contribution in [3.63, 3.8) is 0 Å². The molecule has 150 valence electrons. The number of hydrogen-bond donors (Lipinski definition) is 2. The number of rotatable bonds is 5. The number of piperidine rings is 1. The maximum Gasteiger partial charge on any atom is 0.314 e. The Kier molecular flexibility index (Phi) is 5.14. The quantitative estimate of drug-likeness (QED) is 0.690. The van der Waals surface area contributed by atoms with E-state index in [9.17, 15) is 14.7 Å². The zero-order valence-electron chi connectivity index (χ0n) is 16.6. The number of amides is 1. The second-order valence-electron chi connectivity index (χ2n) is 7.95. The van der Waals surface area contributed by atoms with Crippen LogP contribution in [-0.4, -0.2) is 40.0 Å². The summed E-state index contributed by atoms with van der Waals surface area (Å²) >= 11 is 0. The van der Waals surface area contributed by atoms with Crippen LogP contribution in [-0.2, 0) is 21.4 Å². The van der Waals surface area contributed by atoms with Gasteiger partial charge in [-0.2, -0.15) is 0 Å². The highest BCUT2D eigenvalue weighted by Gasteiger charge is 2.43. The summed E-state index contributed by atoms with van der Waals surface area (Å²) in [5.41, 5.74) is 3.41. The summed E-state index contributed by atoms with van der Waals surface area (Å²) in [7, 11) is 0. The number of fused-ring (bicyclic) bond motifs is 1. The maximum atomic E-state index is 12.8.